The molecule has 5 aliphatic heterocycles. The van der Waals surface area contributed by atoms with Crippen LogP contribution < -0.4 is 16.0 Å². The van der Waals surface area contributed by atoms with Gasteiger partial charge in [-0.05, 0) is 24.6 Å². The number of hydrogen-bond acceptors (Lipinski definition) is 31. The molecule has 0 saturated carbocycles. The van der Waals surface area contributed by atoms with Crippen molar-refractivity contribution in [2.75, 3.05) is 39.6 Å². The average molecular weight is 1430 g/mol. The average Bonchev–Trinajstić information content (AvgIpc) is 0.757. The Hall–Kier alpha value is -4.07. The molecule has 6 heterocycles. The molecule has 0 bridgehead atoms. The van der Waals surface area contributed by atoms with Gasteiger partial charge in [0.15, 0.2) is 31.4 Å². The second kappa shape index (κ2) is 42.0. The molecule has 16 unspecified atom stereocenters. The molecule has 568 valence electrons. The molecule has 34 nitrogen and oxygen atoms in total. The number of carbonyl (C=O) groups excluding carboxylic acids is 4. The normalized spacial score (nSPS) is 36.4. The molecular weight excluding hydrogens is 1320 g/mol. The molecule has 1 aromatic heterocycles. The first-order valence-electron chi connectivity index (χ1n) is 34.4. The molecule has 0 radical (unpaired) electrons. The maximum atomic E-state index is 13.6. The van der Waals surface area contributed by atoms with E-state index in [2.05, 4.69) is 27.9 Å². The highest BCUT2D eigenvalue weighted by Gasteiger charge is 2.60. The number of hydrogen-bond donors (Lipinski definition) is 19. The van der Waals surface area contributed by atoms with Gasteiger partial charge in [-0.1, -0.05) is 109 Å². The van der Waals surface area contributed by atoms with Crippen LogP contribution in [0.3, 0.4) is 0 Å². The number of rotatable bonds is 41. The number of aromatic nitrogens is 1. The molecule has 99 heavy (non-hydrogen) atoms. The minimum Gasteiger partial charge on any atom is -0.394 e. The molecule has 5 fully saturated rings. The number of amides is 3. The van der Waals surface area contributed by atoms with Gasteiger partial charge in [-0.15, -0.1) is 0 Å². The van der Waals surface area contributed by atoms with Crippen LogP contribution in [0.25, 0.3) is 6.08 Å². The lowest BCUT2D eigenvalue weighted by Crippen LogP contribution is -2.71. The molecule has 28 atom stereocenters. The minimum atomic E-state index is -2.94. The van der Waals surface area contributed by atoms with Crippen LogP contribution in [0.1, 0.15) is 136 Å². The fourth-order valence-corrected chi connectivity index (χ4v) is 12.8. The molecule has 19 N–H and O–H groups in total. The van der Waals surface area contributed by atoms with E-state index in [0.717, 1.165) is 46.0 Å². The van der Waals surface area contributed by atoms with E-state index >= 15 is 0 Å². The summed E-state index contributed by atoms with van der Waals surface area (Å²) in [4.78, 5) is 56.7. The smallest absolute Gasteiger partial charge is 0.229 e. The number of aliphatic hydroxyl groups is 16. The number of nitrogens with zero attached hydrogens (tertiary/aromatic N) is 1. The van der Waals surface area contributed by atoms with Crippen molar-refractivity contribution < 1.29 is 148 Å². The van der Waals surface area contributed by atoms with Crippen LogP contribution in [0.15, 0.2) is 30.5 Å². The molecule has 34 heteroatoms. The molecule has 1 aromatic rings. The highest BCUT2D eigenvalue weighted by Crippen LogP contribution is 2.40. The van der Waals surface area contributed by atoms with Crippen molar-refractivity contribution in [1.29, 1.82) is 0 Å². The summed E-state index contributed by atoms with van der Waals surface area (Å²) in [6, 6.07) is 0.374. The number of carbonyl (C=O) groups is 4. The Bertz CT molecular complexity index is 2540. The van der Waals surface area contributed by atoms with Crippen molar-refractivity contribution in [2.24, 2.45) is 0 Å². The lowest BCUT2D eigenvalue weighted by atomic mass is 9.88. The van der Waals surface area contributed by atoms with Crippen LogP contribution in [0.5, 0.6) is 0 Å². The van der Waals surface area contributed by atoms with Crippen molar-refractivity contribution in [2.45, 2.75) is 301 Å². The Labute approximate surface area is 574 Å². The van der Waals surface area contributed by atoms with Gasteiger partial charge in [-0.25, -0.2) is 0 Å². The number of ether oxygens (including phenoxy) is 10. The summed E-state index contributed by atoms with van der Waals surface area (Å²) >= 11 is 0. The minimum absolute atomic E-state index is 0.0711. The highest BCUT2D eigenvalue weighted by molar-refractivity contribution is 5.76. The van der Waals surface area contributed by atoms with E-state index in [9.17, 15) is 101 Å². The van der Waals surface area contributed by atoms with Gasteiger partial charge in [0.2, 0.25) is 23.5 Å². The topological polar surface area (TPSA) is 533 Å². The molecular formula is C65H108N4O30. The maximum Gasteiger partial charge on any atom is 0.229 e. The summed E-state index contributed by atoms with van der Waals surface area (Å²) in [6.07, 6.45) is -27.7. The first kappa shape index (κ1) is 83.9. The zero-order valence-corrected chi connectivity index (χ0v) is 56.2. The fourth-order valence-electron chi connectivity index (χ4n) is 12.8. The van der Waals surface area contributed by atoms with Gasteiger partial charge >= 0.3 is 0 Å². The van der Waals surface area contributed by atoms with Gasteiger partial charge in [-0.2, -0.15) is 0 Å². The maximum absolute atomic E-state index is 13.6. The van der Waals surface area contributed by atoms with Crippen molar-refractivity contribution in [3.63, 3.8) is 0 Å². The summed E-state index contributed by atoms with van der Waals surface area (Å²) in [7, 11) is 0. The van der Waals surface area contributed by atoms with Gasteiger partial charge in [0.1, 0.15) is 116 Å². The number of pyridine rings is 1. The van der Waals surface area contributed by atoms with E-state index in [-0.39, 0.29) is 12.7 Å². The summed E-state index contributed by atoms with van der Waals surface area (Å²) in [5.74, 6) is -5.08. The monoisotopic (exact) mass is 1420 g/mol. The number of nitrogens with one attached hydrogen (secondary N) is 3. The summed E-state index contributed by atoms with van der Waals surface area (Å²) in [6.45, 7) is -1.72. The standard InChI is InChI=1S/C65H108N4O30/c1-4-5-6-7-8-9-10-11-12-13-14-15-16-17-18-22-45(81)69-37(38(78)24-23-36-21-19-20-25-66-36)32-90-62-54(88)52(86)56(43(30-73)93-62)95-64-55(89)60(99-65(33-75)26-39(79)46(67-34(2)76)59(98-65)48(82)40(80)27-70)57(44(31-74)94-64)96-61-47(68-35(3)77)58(50(84)42(29-72)91-61)97-63-53(87)51(85)49(83)41(28-71)92-63/h19-21,23-25,33,37-44,46-64,70-74,78-80,82-89H,4-18,22,26-32H2,1-3H3,(H,67,76)(H,68,77)(H,69,81)/b24-23-/t37-,38+,39?,40+,41?,42?,43?,44?,46?,47?,48+,49-,50-,51?,52?,53?,54?,55?,56+,57?,58?,59?,60?,61-,62+,63-,64-,65-/m0/s1. The second-order valence-corrected chi connectivity index (χ2v) is 26.0. The Balaban J connectivity index is 1.23. The Morgan fingerprint density at radius 1 is 0.596 bits per heavy atom. The Morgan fingerprint density at radius 2 is 1.11 bits per heavy atom. The lowest BCUT2D eigenvalue weighted by molar-refractivity contribution is -0.400. The summed E-state index contributed by atoms with van der Waals surface area (Å²) in [5, 5.41) is 185. The Morgan fingerprint density at radius 3 is 1.68 bits per heavy atom. The van der Waals surface area contributed by atoms with Crippen LogP contribution in [0.2, 0.25) is 0 Å². The van der Waals surface area contributed by atoms with Crippen LogP contribution in [0, 0.1) is 0 Å². The first-order chi connectivity index (χ1) is 47.4. The third-order valence-corrected chi connectivity index (χ3v) is 18.3. The van der Waals surface area contributed by atoms with E-state index < -0.39 is 235 Å². The third-order valence-electron chi connectivity index (χ3n) is 18.3. The van der Waals surface area contributed by atoms with E-state index in [1.165, 1.54) is 76.1 Å². The molecule has 5 aliphatic rings. The van der Waals surface area contributed by atoms with Crippen LogP contribution >= 0.6 is 0 Å². The molecule has 0 aromatic carbocycles. The van der Waals surface area contributed by atoms with Gasteiger partial charge in [0.05, 0.1) is 69.6 Å². The van der Waals surface area contributed by atoms with Gasteiger partial charge < -0.3 is 145 Å². The van der Waals surface area contributed by atoms with Crippen molar-refractivity contribution in [3.05, 3.63) is 36.2 Å². The third kappa shape index (κ3) is 23.7. The van der Waals surface area contributed by atoms with Gasteiger partial charge in [-0.3, -0.25) is 24.2 Å². The summed E-state index contributed by atoms with van der Waals surface area (Å²) < 4.78 is 60.1. The summed E-state index contributed by atoms with van der Waals surface area (Å²) in [5.41, 5.74) is 0.469. The van der Waals surface area contributed by atoms with Crippen LogP contribution in [-0.4, -0.2) is 321 Å². The van der Waals surface area contributed by atoms with Gasteiger partial charge in [0, 0.05) is 32.9 Å². The molecule has 5 saturated heterocycles. The van der Waals surface area contributed by atoms with Crippen LogP contribution in [-0.2, 0) is 66.5 Å². The van der Waals surface area contributed by atoms with Crippen molar-refractivity contribution in [3.8, 4) is 0 Å². The van der Waals surface area contributed by atoms with E-state index in [4.69, 9.17) is 47.4 Å². The number of aldehydes is 1. The molecule has 0 aliphatic carbocycles. The lowest BCUT2D eigenvalue weighted by Gasteiger charge is -2.52. The quantitative estimate of drug-likeness (QED) is 0.0215. The molecule has 6 rings (SSSR count). The van der Waals surface area contributed by atoms with E-state index in [1.807, 2.05) is 0 Å². The first-order valence-corrected chi connectivity index (χ1v) is 34.4. The molecule has 3 amide bonds. The van der Waals surface area contributed by atoms with E-state index in [1.54, 1.807) is 18.2 Å². The zero-order valence-electron chi connectivity index (χ0n) is 56.2. The van der Waals surface area contributed by atoms with Crippen molar-refractivity contribution in [1.82, 2.24) is 20.9 Å². The number of unbranched alkanes of at least 4 members (excludes halogenated alkanes) is 14. The SMILES string of the molecule is CCCCCCCCCCCCCCCCCC(=O)N[C@@H](CO[C@@H]1OC(CO)[C@@H](O[C@@H]2OC(CO)C(O[C@@H]3OC(CO)[C@H](O)C(O[C@@H]4OC(CO)[C@H](O)C(O)C4O)C3NC(C)=O)C(O[C@]3(C=O)CC(O)C(NC(C)=O)C([C@H](O)[C@H](O)CO)O3)C2O)C(O)C1O)[C@H](O)/C=C\c1ccccn1. The fraction of sp³-hybridized carbons (Fsp3) is 0.831. The zero-order chi connectivity index (χ0) is 72.5. The van der Waals surface area contributed by atoms with E-state index in [0.29, 0.717) is 12.1 Å². The van der Waals surface area contributed by atoms with Crippen LogP contribution in [0.4, 0.5) is 0 Å². The van der Waals surface area contributed by atoms with Crippen molar-refractivity contribution >= 4 is 30.1 Å². The highest BCUT2D eigenvalue weighted by atomic mass is 16.8. The predicted molar refractivity (Wildman–Crippen MR) is 340 cm³/mol. The number of aliphatic hydroxyl groups excluding tert-OH is 16. The van der Waals surface area contributed by atoms with Gasteiger partial charge in [0.25, 0.3) is 0 Å². The molecule has 0 spiro atoms. The second-order valence-electron chi connectivity index (χ2n) is 26.0. The Kier molecular flexibility index (Phi) is 35.6. The predicted octanol–water partition coefficient (Wildman–Crippen LogP) is -5.08. The largest absolute Gasteiger partial charge is 0.394 e.